The van der Waals surface area contributed by atoms with Gasteiger partial charge in [-0.3, -0.25) is 0 Å². The SMILES string of the molecule is Cc1cccc(/C(N)=N/O)c1N(C)CC1CCN(C)C1. The van der Waals surface area contributed by atoms with Crippen molar-refractivity contribution < 1.29 is 5.21 Å². The van der Waals surface area contributed by atoms with Gasteiger partial charge in [0.15, 0.2) is 5.84 Å². The van der Waals surface area contributed by atoms with Gasteiger partial charge in [0.2, 0.25) is 0 Å². The van der Waals surface area contributed by atoms with Gasteiger partial charge in [-0.15, -0.1) is 0 Å². The molecule has 1 saturated heterocycles. The molecule has 5 nitrogen and oxygen atoms in total. The van der Waals surface area contributed by atoms with E-state index >= 15 is 0 Å². The van der Waals surface area contributed by atoms with E-state index in [9.17, 15) is 0 Å². The maximum atomic E-state index is 8.94. The Morgan fingerprint density at radius 3 is 2.90 bits per heavy atom. The minimum atomic E-state index is 0.166. The van der Waals surface area contributed by atoms with Crippen LogP contribution in [-0.4, -0.2) is 49.7 Å². The number of likely N-dealkylation sites (tertiary alicyclic amines) is 1. The van der Waals surface area contributed by atoms with E-state index in [2.05, 4.69) is 42.0 Å². The van der Waals surface area contributed by atoms with Crippen LogP contribution in [0.1, 0.15) is 17.5 Å². The highest BCUT2D eigenvalue weighted by molar-refractivity contribution is 6.02. The Hall–Kier alpha value is -1.75. The molecule has 0 radical (unpaired) electrons. The molecule has 0 saturated carbocycles. The summed E-state index contributed by atoms with van der Waals surface area (Å²) in [4.78, 5) is 4.59. The second kappa shape index (κ2) is 6.13. The number of amidine groups is 1. The van der Waals surface area contributed by atoms with Crippen molar-refractivity contribution in [2.45, 2.75) is 13.3 Å². The van der Waals surface area contributed by atoms with E-state index < -0.39 is 0 Å². The molecule has 1 heterocycles. The summed E-state index contributed by atoms with van der Waals surface area (Å²) < 4.78 is 0. The Kier molecular flexibility index (Phi) is 4.49. The Bertz CT molecular complexity index is 501. The minimum Gasteiger partial charge on any atom is -0.409 e. The lowest BCUT2D eigenvalue weighted by Crippen LogP contribution is -2.30. The fraction of sp³-hybridized carbons (Fsp3) is 0.533. The van der Waals surface area contributed by atoms with Gasteiger partial charge in [0.25, 0.3) is 0 Å². The third-order valence-corrected chi connectivity index (χ3v) is 4.02. The van der Waals surface area contributed by atoms with Gasteiger partial charge >= 0.3 is 0 Å². The highest BCUT2D eigenvalue weighted by Gasteiger charge is 2.22. The van der Waals surface area contributed by atoms with Crippen LogP contribution in [0.15, 0.2) is 23.4 Å². The van der Waals surface area contributed by atoms with Crippen LogP contribution in [0.25, 0.3) is 0 Å². The smallest absolute Gasteiger partial charge is 0.172 e. The van der Waals surface area contributed by atoms with Crippen LogP contribution in [0, 0.1) is 12.8 Å². The summed E-state index contributed by atoms with van der Waals surface area (Å²) >= 11 is 0. The molecule has 0 aliphatic carbocycles. The summed E-state index contributed by atoms with van der Waals surface area (Å²) in [5, 5.41) is 12.1. The molecule has 2 rings (SSSR count). The number of oxime groups is 1. The number of para-hydroxylation sites is 1. The fourth-order valence-electron chi connectivity index (χ4n) is 3.08. The lowest BCUT2D eigenvalue weighted by molar-refractivity contribution is 0.318. The number of benzene rings is 1. The van der Waals surface area contributed by atoms with Crippen molar-refractivity contribution in [3.05, 3.63) is 29.3 Å². The highest BCUT2D eigenvalue weighted by Crippen LogP contribution is 2.26. The van der Waals surface area contributed by atoms with Crippen LogP contribution in [0.3, 0.4) is 0 Å². The molecular weight excluding hydrogens is 252 g/mol. The maximum Gasteiger partial charge on any atom is 0.172 e. The van der Waals surface area contributed by atoms with Crippen LogP contribution in [0.5, 0.6) is 0 Å². The first-order valence-electron chi connectivity index (χ1n) is 7.00. The van der Waals surface area contributed by atoms with Crippen molar-refractivity contribution in [3.63, 3.8) is 0 Å². The van der Waals surface area contributed by atoms with E-state index in [-0.39, 0.29) is 5.84 Å². The molecular formula is C15H24N4O. The van der Waals surface area contributed by atoms with Crippen molar-refractivity contribution in [1.82, 2.24) is 4.90 Å². The van der Waals surface area contributed by atoms with E-state index in [1.807, 2.05) is 12.1 Å². The van der Waals surface area contributed by atoms with Gasteiger partial charge in [-0.25, -0.2) is 0 Å². The Morgan fingerprint density at radius 1 is 1.55 bits per heavy atom. The van der Waals surface area contributed by atoms with Gasteiger partial charge in [0.05, 0.1) is 5.69 Å². The van der Waals surface area contributed by atoms with Gasteiger partial charge in [0, 0.05) is 25.7 Å². The van der Waals surface area contributed by atoms with Crippen LogP contribution >= 0.6 is 0 Å². The predicted molar refractivity (Wildman–Crippen MR) is 82.6 cm³/mol. The average molecular weight is 276 g/mol. The van der Waals surface area contributed by atoms with Crippen LogP contribution in [0.4, 0.5) is 5.69 Å². The van der Waals surface area contributed by atoms with E-state index in [4.69, 9.17) is 10.9 Å². The van der Waals surface area contributed by atoms with Crippen LogP contribution in [-0.2, 0) is 0 Å². The molecule has 1 atom stereocenters. The standard InChI is InChI=1S/C15H24N4O/c1-11-5-4-6-13(15(16)17-20)14(11)19(3)10-12-7-8-18(2)9-12/h4-6,12,20H,7-10H2,1-3H3,(H2,16,17). The first-order valence-corrected chi connectivity index (χ1v) is 7.00. The number of hydrogen-bond donors (Lipinski definition) is 2. The van der Waals surface area contributed by atoms with Gasteiger partial charge < -0.3 is 20.7 Å². The third-order valence-electron chi connectivity index (χ3n) is 4.02. The van der Waals surface area contributed by atoms with Crippen molar-refractivity contribution in [2.75, 3.05) is 38.6 Å². The average Bonchev–Trinajstić information content (AvgIpc) is 2.82. The number of rotatable bonds is 4. The summed E-state index contributed by atoms with van der Waals surface area (Å²) in [5.74, 6) is 0.837. The summed E-state index contributed by atoms with van der Waals surface area (Å²) in [5.41, 5.74) is 8.78. The molecule has 0 amide bonds. The topological polar surface area (TPSA) is 65.1 Å². The van der Waals surface area contributed by atoms with E-state index in [1.165, 1.54) is 13.0 Å². The summed E-state index contributed by atoms with van der Waals surface area (Å²) in [6, 6.07) is 5.89. The van der Waals surface area contributed by atoms with E-state index in [0.29, 0.717) is 5.92 Å². The lowest BCUT2D eigenvalue weighted by atomic mass is 10.0. The summed E-state index contributed by atoms with van der Waals surface area (Å²) in [6.45, 7) is 5.34. The molecule has 110 valence electrons. The highest BCUT2D eigenvalue weighted by atomic mass is 16.4. The number of nitrogens with zero attached hydrogens (tertiary/aromatic N) is 3. The Balaban J connectivity index is 2.22. The molecule has 1 unspecified atom stereocenters. The molecule has 1 aliphatic rings. The molecule has 0 aromatic heterocycles. The molecule has 0 bridgehead atoms. The first-order chi connectivity index (χ1) is 9.52. The normalized spacial score (nSPS) is 20.4. The molecule has 3 N–H and O–H groups in total. The Labute approximate surface area is 120 Å². The molecule has 1 aromatic carbocycles. The zero-order valence-corrected chi connectivity index (χ0v) is 12.5. The lowest BCUT2D eigenvalue weighted by Gasteiger charge is -2.27. The zero-order chi connectivity index (χ0) is 14.7. The van der Waals surface area contributed by atoms with Gasteiger partial charge in [-0.1, -0.05) is 17.3 Å². The first kappa shape index (κ1) is 14.7. The molecule has 1 aromatic rings. The summed E-state index contributed by atoms with van der Waals surface area (Å²) in [7, 11) is 4.24. The van der Waals surface area contributed by atoms with Crippen molar-refractivity contribution in [2.24, 2.45) is 16.8 Å². The zero-order valence-electron chi connectivity index (χ0n) is 12.5. The predicted octanol–water partition coefficient (Wildman–Crippen LogP) is 1.48. The molecule has 20 heavy (non-hydrogen) atoms. The quantitative estimate of drug-likeness (QED) is 0.378. The van der Waals surface area contributed by atoms with Crippen LogP contribution < -0.4 is 10.6 Å². The van der Waals surface area contributed by atoms with Crippen LogP contribution in [0.2, 0.25) is 0 Å². The summed E-state index contributed by atoms with van der Waals surface area (Å²) in [6.07, 6.45) is 1.23. The molecule has 1 aliphatic heterocycles. The monoisotopic (exact) mass is 276 g/mol. The fourth-order valence-corrected chi connectivity index (χ4v) is 3.08. The Morgan fingerprint density at radius 2 is 2.30 bits per heavy atom. The van der Waals surface area contributed by atoms with Gasteiger partial charge in [-0.2, -0.15) is 0 Å². The second-order valence-electron chi connectivity index (χ2n) is 5.75. The maximum absolute atomic E-state index is 8.94. The number of nitrogens with two attached hydrogens (primary N) is 1. The second-order valence-corrected chi connectivity index (χ2v) is 5.75. The van der Waals surface area contributed by atoms with Crippen molar-refractivity contribution in [3.8, 4) is 0 Å². The number of aryl methyl sites for hydroxylation is 1. The largest absolute Gasteiger partial charge is 0.409 e. The number of hydrogen-bond acceptors (Lipinski definition) is 4. The van der Waals surface area contributed by atoms with Gasteiger partial charge in [0.1, 0.15) is 0 Å². The van der Waals surface area contributed by atoms with Crippen molar-refractivity contribution in [1.29, 1.82) is 0 Å². The van der Waals surface area contributed by atoms with Gasteiger partial charge in [-0.05, 0) is 44.5 Å². The minimum absolute atomic E-state index is 0.166. The van der Waals surface area contributed by atoms with E-state index in [0.717, 1.165) is 29.9 Å². The van der Waals surface area contributed by atoms with Crippen molar-refractivity contribution >= 4 is 11.5 Å². The molecule has 0 spiro atoms. The van der Waals surface area contributed by atoms with E-state index in [1.54, 1.807) is 0 Å². The molecule has 5 heteroatoms. The number of anilines is 1. The molecule has 1 fully saturated rings. The third kappa shape index (κ3) is 3.04.